The van der Waals surface area contributed by atoms with E-state index in [1.54, 1.807) is 0 Å². The third-order valence-electron chi connectivity index (χ3n) is 2.58. The van der Waals surface area contributed by atoms with Crippen molar-refractivity contribution in [2.24, 2.45) is 0 Å². The van der Waals surface area contributed by atoms with Crippen LogP contribution in [0.2, 0.25) is 15.2 Å². The van der Waals surface area contributed by atoms with E-state index in [4.69, 9.17) is 34.8 Å². The van der Waals surface area contributed by atoms with Crippen molar-refractivity contribution in [3.05, 3.63) is 57.2 Å². The van der Waals surface area contributed by atoms with Gasteiger partial charge in [-0.3, -0.25) is 0 Å². The number of nitrogens with one attached hydrogen (secondary N) is 1. The first-order valence-electron chi connectivity index (χ1n) is 5.55. The van der Waals surface area contributed by atoms with Crippen LogP contribution in [0, 0.1) is 0 Å². The lowest BCUT2D eigenvalue weighted by Gasteiger charge is -2.18. The summed E-state index contributed by atoms with van der Waals surface area (Å²) in [6.07, 6.45) is 0. The fourth-order valence-corrected chi connectivity index (χ4v) is 2.18. The number of nitrogens with zero attached hydrogens (tertiary/aromatic N) is 1. The Balaban J connectivity index is 2.26. The van der Waals surface area contributed by atoms with Gasteiger partial charge in [0.1, 0.15) is 11.0 Å². The van der Waals surface area contributed by atoms with Gasteiger partial charge in [-0.15, -0.1) is 0 Å². The van der Waals surface area contributed by atoms with Crippen molar-refractivity contribution in [1.29, 1.82) is 0 Å². The molecule has 0 spiro atoms. The number of anilines is 1. The number of benzene rings is 1. The lowest BCUT2D eigenvalue weighted by atomic mass is 10.1. The molecule has 1 heterocycles. The van der Waals surface area contributed by atoms with E-state index in [9.17, 15) is 5.11 Å². The summed E-state index contributed by atoms with van der Waals surface area (Å²) in [5, 5.41) is 13.3. The minimum Gasteiger partial charge on any atom is -0.394 e. The second kappa shape index (κ2) is 6.44. The van der Waals surface area contributed by atoms with Crippen LogP contribution in [0.4, 0.5) is 5.82 Å². The molecule has 1 aromatic carbocycles. The van der Waals surface area contributed by atoms with Gasteiger partial charge in [-0.1, -0.05) is 65.1 Å². The van der Waals surface area contributed by atoms with E-state index in [0.29, 0.717) is 10.8 Å². The van der Waals surface area contributed by atoms with Gasteiger partial charge in [-0.05, 0) is 11.6 Å². The predicted molar refractivity (Wildman–Crippen MR) is 79.2 cm³/mol. The number of aliphatic hydroxyl groups is 1. The SMILES string of the molecule is OCC(Nc1nc(Cl)c(Cl)cc1Cl)c1ccccc1. The van der Waals surface area contributed by atoms with Crippen LogP contribution in [0.1, 0.15) is 11.6 Å². The van der Waals surface area contributed by atoms with Crippen molar-refractivity contribution in [2.45, 2.75) is 6.04 Å². The van der Waals surface area contributed by atoms with E-state index in [-0.39, 0.29) is 22.8 Å². The molecule has 2 aromatic rings. The first-order valence-corrected chi connectivity index (χ1v) is 6.69. The molecule has 1 unspecified atom stereocenters. The zero-order valence-corrected chi connectivity index (χ0v) is 12.0. The minimum absolute atomic E-state index is 0.0950. The van der Waals surface area contributed by atoms with Gasteiger partial charge in [0, 0.05) is 0 Å². The molecule has 3 nitrogen and oxygen atoms in total. The summed E-state index contributed by atoms with van der Waals surface area (Å²) in [5.41, 5.74) is 0.925. The maximum absolute atomic E-state index is 9.46. The number of aromatic nitrogens is 1. The Hall–Kier alpha value is -1.00. The molecular formula is C13H11Cl3N2O. The molecule has 1 atom stereocenters. The molecule has 19 heavy (non-hydrogen) atoms. The molecule has 0 bridgehead atoms. The molecule has 0 saturated heterocycles. The van der Waals surface area contributed by atoms with Crippen LogP contribution in [0.5, 0.6) is 0 Å². The molecule has 0 saturated carbocycles. The van der Waals surface area contributed by atoms with Gasteiger partial charge in [-0.2, -0.15) is 0 Å². The highest BCUT2D eigenvalue weighted by molar-refractivity contribution is 6.42. The average Bonchev–Trinajstić information content (AvgIpc) is 2.42. The van der Waals surface area contributed by atoms with Crippen LogP contribution in [-0.2, 0) is 0 Å². The highest BCUT2D eigenvalue weighted by Crippen LogP contribution is 2.30. The lowest BCUT2D eigenvalue weighted by Crippen LogP contribution is -2.16. The maximum Gasteiger partial charge on any atom is 0.150 e. The first-order chi connectivity index (χ1) is 9.11. The monoisotopic (exact) mass is 316 g/mol. The smallest absolute Gasteiger partial charge is 0.150 e. The van der Waals surface area contributed by atoms with E-state index in [1.165, 1.54) is 6.07 Å². The van der Waals surface area contributed by atoms with Gasteiger partial charge in [0.15, 0.2) is 0 Å². The normalized spacial score (nSPS) is 12.2. The van der Waals surface area contributed by atoms with Crippen molar-refractivity contribution in [3.8, 4) is 0 Å². The Morgan fingerprint density at radius 2 is 1.79 bits per heavy atom. The molecular weight excluding hydrogens is 307 g/mol. The van der Waals surface area contributed by atoms with Gasteiger partial charge in [0.25, 0.3) is 0 Å². The van der Waals surface area contributed by atoms with Crippen molar-refractivity contribution < 1.29 is 5.11 Å². The Morgan fingerprint density at radius 3 is 2.42 bits per heavy atom. The van der Waals surface area contributed by atoms with E-state index in [2.05, 4.69) is 10.3 Å². The van der Waals surface area contributed by atoms with Gasteiger partial charge < -0.3 is 10.4 Å². The van der Waals surface area contributed by atoms with Crippen molar-refractivity contribution in [2.75, 3.05) is 11.9 Å². The highest BCUT2D eigenvalue weighted by atomic mass is 35.5. The quantitative estimate of drug-likeness (QED) is 0.831. The van der Waals surface area contributed by atoms with Crippen molar-refractivity contribution in [1.82, 2.24) is 4.98 Å². The van der Waals surface area contributed by atoms with E-state index in [0.717, 1.165) is 5.56 Å². The highest BCUT2D eigenvalue weighted by Gasteiger charge is 2.14. The molecule has 0 aliphatic heterocycles. The summed E-state index contributed by atoms with van der Waals surface area (Å²) >= 11 is 17.7. The van der Waals surface area contributed by atoms with Crippen molar-refractivity contribution in [3.63, 3.8) is 0 Å². The largest absolute Gasteiger partial charge is 0.394 e. The molecule has 100 valence electrons. The number of rotatable bonds is 4. The molecule has 0 aliphatic carbocycles. The standard InChI is InChI=1S/C13H11Cl3N2O/c14-9-6-10(15)13(18-12(9)16)17-11(7-19)8-4-2-1-3-5-8/h1-6,11,19H,7H2,(H,17,18). The van der Waals surface area contributed by atoms with E-state index >= 15 is 0 Å². The summed E-state index contributed by atoms with van der Waals surface area (Å²) in [7, 11) is 0. The summed E-state index contributed by atoms with van der Waals surface area (Å²) in [6.45, 7) is -0.0950. The third kappa shape index (κ3) is 3.51. The molecule has 6 heteroatoms. The number of halogens is 3. The maximum atomic E-state index is 9.46. The van der Waals surface area contributed by atoms with E-state index in [1.807, 2.05) is 30.3 Å². The van der Waals surface area contributed by atoms with E-state index < -0.39 is 0 Å². The molecule has 1 aromatic heterocycles. The minimum atomic E-state index is -0.316. The second-order valence-corrected chi connectivity index (χ2v) is 5.05. The second-order valence-electron chi connectivity index (χ2n) is 3.88. The van der Waals surface area contributed by atoms with Crippen LogP contribution >= 0.6 is 34.8 Å². The number of hydrogen-bond donors (Lipinski definition) is 2. The molecule has 2 N–H and O–H groups in total. The van der Waals surface area contributed by atoms with Crippen LogP contribution in [0.25, 0.3) is 0 Å². The molecule has 0 radical (unpaired) electrons. The van der Waals surface area contributed by atoms with Crippen LogP contribution in [-0.4, -0.2) is 16.7 Å². The fourth-order valence-electron chi connectivity index (χ4n) is 1.63. The van der Waals surface area contributed by atoms with Crippen LogP contribution in [0.15, 0.2) is 36.4 Å². The average molecular weight is 318 g/mol. The van der Waals surface area contributed by atoms with Crippen LogP contribution < -0.4 is 5.32 Å². The third-order valence-corrected chi connectivity index (χ3v) is 3.54. The number of aliphatic hydroxyl groups excluding tert-OH is 1. The van der Waals surface area contributed by atoms with Gasteiger partial charge >= 0.3 is 0 Å². The molecule has 0 aliphatic rings. The topological polar surface area (TPSA) is 45.1 Å². The Kier molecular flexibility index (Phi) is 4.88. The fraction of sp³-hybridized carbons (Fsp3) is 0.154. The summed E-state index contributed by atoms with van der Waals surface area (Å²) in [6, 6.07) is 10.7. The predicted octanol–water partition coefficient (Wildman–Crippen LogP) is 4.19. The van der Waals surface area contributed by atoms with Gasteiger partial charge in [0.2, 0.25) is 0 Å². The van der Waals surface area contributed by atoms with Gasteiger partial charge in [-0.25, -0.2) is 4.98 Å². The zero-order valence-electron chi connectivity index (χ0n) is 9.78. The Bertz CT molecular complexity index is 563. The molecule has 2 rings (SSSR count). The Labute approximate surface area is 126 Å². The van der Waals surface area contributed by atoms with Crippen LogP contribution in [0.3, 0.4) is 0 Å². The zero-order chi connectivity index (χ0) is 13.8. The number of hydrogen-bond acceptors (Lipinski definition) is 3. The molecule has 0 fully saturated rings. The summed E-state index contributed by atoms with van der Waals surface area (Å²) in [4.78, 5) is 4.06. The Morgan fingerprint density at radius 1 is 1.11 bits per heavy atom. The summed E-state index contributed by atoms with van der Waals surface area (Å²) in [5.74, 6) is 0.388. The first kappa shape index (κ1) is 14.4. The van der Waals surface area contributed by atoms with Crippen molar-refractivity contribution >= 4 is 40.6 Å². The van der Waals surface area contributed by atoms with Gasteiger partial charge in [0.05, 0.1) is 22.7 Å². The summed E-state index contributed by atoms with van der Waals surface area (Å²) < 4.78 is 0. The number of pyridine rings is 1. The lowest BCUT2D eigenvalue weighted by molar-refractivity contribution is 0.276. The molecule has 0 amide bonds.